The fraction of sp³-hybridized carbons (Fsp3) is 0.333. The van der Waals surface area contributed by atoms with Gasteiger partial charge < -0.3 is 20.9 Å². The van der Waals surface area contributed by atoms with Gasteiger partial charge in [-0.2, -0.15) is 5.10 Å². The van der Waals surface area contributed by atoms with E-state index in [2.05, 4.69) is 25.5 Å². The molecule has 36 heavy (non-hydrogen) atoms. The van der Waals surface area contributed by atoms with Crippen LogP contribution >= 0.6 is 11.3 Å². The van der Waals surface area contributed by atoms with Gasteiger partial charge in [-0.05, 0) is 24.6 Å². The number of benzene rings is 1. The first-order valence-corrected chi connectivity index (χ1v) is 12.5. The Hall–Kier alpha value is -4.06. The Morgan fingerprint density at radius 1 is 1.17 bits per heavy atom. The van der Waals surface area contributed by atoms with E-state index in [1.54, 1.807) is 10.4 Å². The van der Waals surface area contributed by atoms with Crippen LogP contribution in [0.1, 0.15) is 32.4 Å². The van der Waals surface area contributed by atoms with E-state index in [0.29, 0.717) is 16.6 Å². The highest BCUT2D eigenvalue weighted by molar-refractivity contribution is 7.16. The predicted molar refractivity (Wildman–Crippen MR) is 137 cm³/mol. The molecule has 4 heterocycles. The van der Waals surface area contributed by atoms with Crippen LogP contribution in [-0.2, 0) is 14.4 Å². The van der Waals surface area contributed by atoms with Crippen molar-refractivity contribution >= 4 is 61.7 Å². The lowest BCUT2D eigenvalue weighted by molar-refractivity contribution is -0.152. The van der Waals surface area contributed by atoms with Crippen molar-refractivity contribution in [1.82, 2.24) is 30.0 Å². The zero-order chi connectivity index (χ0) is 25.6. The molecule has 1 aliphatic heterocycles. The molecule has 2 atom stereocenters. The van der Waals surface area contributed by atoms with Crippen molar-refractivity contribution in [2.24, 2.45) is 5.92 Å². The van der Waals surface area contributed by atoms with Crippen LogP contribution < -0.4 is 11.1 Å². The Bertz CT molecular complexity index is 1480. The van der Waals surface area contributed by atoms with Gasteiger partial charge in [0.25, 0.3) is 0 Å². The third-order valence-electron chi connectivity index (χ3n) is 6.48. The second kappa shape index (κ2) is 9.19. The summed E-state index contributed by atoms with van der Waals surface area (Å²) in [6.45, 7) is 6.09. The smallest absolute Gasteiger partial charge is 0.314 e. The SMILES string of the molecule is CC(C)C(=O)N1C[C@H](c2ccc3scnc3c2)N(C(=O)C(=O)Nc2cnc(N)c3cn[nH]c23)C[C@H]1C. The van der Waals surface area contributed by atoms with Gasteiger partial charge in [0.05, 0.1) is 50.8 Å². The summed E-state index contributed by atoms with van der Waals surface area (Å²) < 4.78 is 1.02. The number of amides is 3. The summed E-state index contributed by atoms with van der Waals surface area (Å²) >= 11 is 1.53. The molecule has 1 aliphatic rings. The number of H-pyrrole nitrogens is 1. The van der Waals surface area contributed by atoms with Crippen molar-refractivity contribution in [3.05, 3.63) is 41.7 Å². The Balaban J connectivity index is 1.46. The van der Waals surface area contributed by atoms with Gasteiger partial charge >= 0.3 is 11.8 Å². The van der Waals surface area contributed by atoms with Crippen LogP contribution in [0.25, 0.3) is 21.1 Å². The topological polar surface area (TPSA) is 150 Å². The molecule has 186 valence electrons. The van der Waals surface area contributed by atoms with Gasteiger partial charge in [-0.15, -0.1) is 11.3 Å². The van der Waals surface area contributed by atoms with Crippen LogP contribution in [0.3, 0.4) is 0 Å². The number of rotatable bonds is 3. The molecule has 0 saturated carbocycles. The number of nitrogens with two attached hydrogens (primary N) is 1. The number of aromatic nitrogens is 4. The second-order valence-corrected chi connectivity index (χ2v) is 10.1. The van der Waals surface area contributed by atoms with Crippen LogP contribution in [-0.4, -0.2) is 66.8 Å². The van der Waals surface area contributed by atoms with E-state index in [1.165, 1.54) is 28.6 Å². The number of carbonyl (C=O) groups is 3. The Kier molecular flexibility index (Phi) is 6.04. The Labute approximate surface area is 210 Å². The molecule has 5 rings (SSSR count). The van der Waals surface area contributed by atoms with Gasteiger partial charge in [0.1, 0.15) is 5.82 Å². The molecule has 0 spiro atoms. The number of carbonyl (C=O) groups excluding carboxylic acids is 3. The molecular formula is C24H26N8O3S. The molecule has 4 aromatic rings. The minimum atomic E-state index is -0.812. The minimum absolute atomic E-state index is 0.00775. The first-order valence-electron chi connectivity index (χ1n) is 11.6. The highest BCUT2D eigenvalue weighted by Gasteiger charge is 2.40. The maximum absolute atomic E-state index is 13.5. The summed E-state index contributed by atoms with van der Waals surface area (Å²) in [5.41, 5.74) is 10.0. The summed E-state index contributed by atoms with van der Waals surface area (Å²) in [4.78, 5) is 51.4. The van der Waals surface area contributed by atoms with Crippen molar-refractivity contribution < 1.29 is 14.4 Å². The van der Waals surface area contributed by atoms with Gasteiger partial charge in [0.15, 0.2) is 0 Å². The number of nitrogens with one attached hydrogen (secondary N) is 2. The Morgan fingerprint density at radius 3 is 2.75 bits per heavy atom. The van der Waals surface area contributed by atoms with E-state index in [1.807, 2.05) is 39.0 Å². The third kappa shape index (κ3) is 4.13. The number of thiazole rings is 1. The quantitative estimate of drug-likeness (QED) is 0.361. The maximum Gasteiger partial charge on any atom is 0.314 e. The van der Waals surface area contributed by atoms with Crippen LogP contribution in [0.4, 0.5) is 11.5 Å². The molecule has 4 N–H and O–H groups in total. The zero-order valence-corrected chi connectivity index (χ0v) is 20.9. The minimum Gasteiger partial charge on any atom is -0.383 e. The predicted octanol–water partition coefficient (Wildman–Crippen LogP) is 2.54. The monoisotopic (exact) mass is 506 g/mol. The van der Waals surface area contributed by atoms with Gasteiger partial charge in [0.2, 0.25) is 5.91 Å². The third-order valence-corrected chi connectivity index (χ3v) is 7.29. The summed E-state index contributed by atoms with van der Waals surface area (Å²) in [7, 11) is 0. The van der Waals surface area contributed by atoms with Gasteiger partial charge in [-0.3, -0.25) is 19.5 Å². The van der Waals surface area contributed by atoms with Crippen molar-refractivity contribution in [1.29, 1.82) is 0 Å². The number of piperazine rings is 1. The number of pyridine rings is 1. The molecule has 0 radical (unpaired) electrons. The van der Waals surface area contributed by atoms with E-state index in [0.717, 1.165) is 15.8 Å². The summed E-state index contributed by atoms with van der Waals surface area (Å²) in [5.74, 6) is -1.43. The molecule has 1 aromatic carbocycles. The van der Waals surface area contributed by atoms with Crippen molar-refractivity contribution in [3.8, 4) is 0 Å². The van der Waals surface area contributed by atoms with E-state index in [-0.39, 0.29) is 36.8 Å². The summed E-state index contributed by atoms with van der Waals surface area (Å²) in [6.07, 6.45) is 2.89. The average Bonchev–Trinajstić information content (AvgIpc) is 3.54. The molecule has 1 fully saturated rings. The van der Waals surface area contributed by atoms with E-state index >= 15 is 0 Å². The highest BCUT2D eigenvalue weighted by Crippen LogP contribution is 2.32. The summed E-state index contributed by atoms with van der Waals surface area (Å²) in [5, 5.41) is 9.92. The fourth-order valence-corrected chi connectivity index (χ4v) is 5.22. The van der Waals surface area contributed by atoms with Gasteiger partial charge in [-0.25, -0.2) is 9.97 Å². The number of aromatic amines is 1. The lowest BCUT2D eigenvalue weighted by Gasteiger charge is -2.45. The van der Waals surface area contributed by atoms with Crippen LogP contribution in [0.2, 0.25) is 0 Å². The maximum atomic E-state index is 13.5. The van der Waals surface area contributed by atoms with E-state index in [4.69, 9.17) is 5.73 Å². The van der Waals surface area contributed by atoms with Crippen LogP contribution in [0.5, 0.6) is 0 Å². The van der Waals surface area contributed by atoms with Gasteiger partial charge in [0, 0.05) is 25.0 Å². The normalized spacial score (nSPS) is 18.2. The lowest BCUT2D eigenvalue weighted by atomic mass is 9.97. The van der Waals surface area contributed by atoms with E-state index < -0.39 is 17.9 Å². The van der Waals surface area contributed by atoms with E-state index in [9.17, 15) is 14.4 Å². The zero-order valence-electron chi connectivity index (χ0n) is 20.1. The number of anilines is 2. The number of nitrogen functional groups attached to an aromatic ring is 1. The number of hydrogen-bond donors (Lipinski definition) is 3. The lowest BCUT2D eigenvalue weighted by Crippen LogP contribution is -2.59. The van der Waals surface area contributed by atoms with Crippen molar-refractivity contribution in [2.75, 3.05) is 24.1 Å². The highest BCUT2D eigenvalue weighted by atomic mass is 32.1. The standard InChI is InChI=1S/C24H26N8O3S/c1-12(2)23(34)31-10-18(14-4-5-19-16(6-14)27-11-36-19)32(9-13(31)3)24(35)22(33)29-17-8-26-21(25)15-7-28-30-20(15)17/h4-8,11-13,18H,9-10H2,1-3H3,(H2,25,26)(H,28,30)(H,29,33)/t13-,18-/m1/s1. The fourth-order valence-electron chi connectivity index (χ4n) is 4.56. The summed E-state index contributed by atoms with van der Waals surface area (Å²) in [6, 6.07) is 5.03. The van der Waals surface area contributed by atoms with Crippen molar-refractivity contribution in [3.63, 3.8) is 0 Å². The first-order chi connectivity index (χ1) is 17.2. The van der Waals surface area contributed by atoms with Gasteiger partial charge in [-0.1, -0.05) is 19.9 Å². The first kappa shape index (κ1) is 23.7. The second-order valence-electron chi connectivity index (χ2n) is 9.22. The largest absolute Gasteiger partial charge is 0.383 e. The van der Waals surface area contributed by atoms with Crippen molar-refractivity contribution in [2.45, 2.75) is 32.9 Å². The molecule has 3 amide bonds. The Morgan fingerprint density at radius 2 is 1.97 bits per heavy atom. The molecule has 0 aliphatic carbocycles. The molecule has 0 unspecified atom stereocenters. The molecular weight excluding hydrogens is 480 g/mol. The molecule has 3 aromatic heterocycles. The average molecular weight is 507 g/mol. The number of hydrogen-bond acceptors (Lipinski definition) is 8. The molecule has 1 saturated heterocycles. The van der Waals surface area contributed by atoms with Crippen LogP contribution in [0.15, 0.2) is 36.1 Å². The molecule has 11 nitrogen and oxygen atoms in total. The molecule has 12 heteroatoms. The van der Waals surface area contributed by atoms with Crippen LogP contribution in [0, 0.1) is 5.92 Å². The molecule has 0 bridgehead atoms. The number of nitrogens with zero attached hydrogens (tertiary/aromatic N) is 5. The number of fused-ring (bicyclic) bond motifs is 2.